The van der Waals surface area contributed by atoms with Gasteiger partial charge in [-0.25, -0.2) is 4.98 Å². The van der Waals surface area contributed by atoms with Crippen molar-refractivity contribution < 1.29 is 5.11 Å². The van der Waals surface area contributed by atoms with Crippen LogP contribution in [0.25, 0.3) is 0 Å². The van der Waals surface area contributed by atoms with Gasteiger partial charge in [0.05, 0.1) is 0 Å². The lowest BCUT2D eigenvalue weighted by Gasteiger charge is -2.35. The van der Waals surface area contributed by atoms with E-state index in [-0.39, 0.29) is 11.3 Å². The highest BCUT2D eigenvalue weighted by Gasteiger charge is 2.20. The Morgan fingerprint density at radius 3 is 2.65 bits per heavy atom. The molecule has 1 aromatic carbocycles. The van der Waals surface area contributed by atoms with Crippen molar-refractivity contribution in [2.24, 2.45) is 7.05 Å². The van der Waals surface area contributed by atoms with E-state index in [0.29, 0.717) is 10.8 Å². The average Bonchev–Trinajstić information content (AvgIpc) is 2.50. The van der Waals surface area contributed by atoms with Crippen LogP contribution < -0.4 is 10.5 Å². The fraction of sp³-hybridized carbons (Fsp3) is 0.375. The normalized spacial score (nSPS) is 15.8. The number of aromatic hydroxyl groups is 1. The van der Waals surface area contributed by atoms with E-state index in [9.17, 15) is 9.90 Å². The third-order valence-electron chi connectivity index (χ3n) is 4.02. The molecule has 0 radical (unpaired) electrons. The lowest BCUT2D eigenvalue weighted by Crippen LogP contribution is -2.48. The lowest BCUT2D eigenvalue weighted by molar-refractivity contribution is 0.248. The summed E-state index contributed by atoms with van der Waals surface area (Å²) in [6.45, 7) is 3.87. The number of aryl methyl sites for hydroxylation is 1. The second-order valence-electron chi connectivity index (χ2n) is 5.75. The highest BCUT2D eigenvalue weighted by Crippen LogP contribution is 2.21. The summed E-state index contributed by atoms with van der Waals surface area (Å²) in [5, 5.41) is 10.2. The molecule has 0 atom stereocenters. The van der Waals surface area contributed by atoms with Crippen LogP contribution in [0.3, 0.4) is 0 Å². The molecule has 1 saturated heterocycles. The van der Waals surface area contributed by atoms with Crippen molar-refractivity contribution in [3.63, 3.8) is 0 Å². The molecule has 1 N–H and O–H groups in total. The number of benzene rings is 1. The standard InChI is InChI=1S/C16H19ClN4O2/c1-19-3-2-18-15(16(19)23)21-6-4-20(5-7-21)11-12-8-13(17)10-14(22)9-12/h2-3,8-10,22H,4-7,11H2,1H3. The van der Waals surface area contributed by atoms with Gasteiger partial charge < -0.3 is 14.6 Å². The predicted octanol–water partition coefficient (Wildman–Crippen LogP) is 1.46. The predicted molar refractivity (Wildman–Crippen MR) is 90.1 cm³/mol. The molecule has 0 bridgehead atoms. The molecular weight excluding hydrogens is 316 g/mol. The maximum absolute atomic E-state index is 12.1. The van der Waals surface area contributed by atoms with Crippen LogP contribution in [-0.4, -0.2) is 45.7 Å². The van der Waals surface area contributed by atoms with Crippen molar-refractivity contribution in [1.29, 1.82) is 0 Å². The van der Waals surface area contributed by atoms with E-state index in [4.69, 9.17) is 11.6 Å². The molecule has 2 heterocycles. The molecule has 1 aliphatic rings. The first-order valence-corrected chi connectivity index (χ1v) is 7.88. The summed E-state index contributed by atoms with van der Waals surface area (Å²) >= 11 is 5.97. The summed E-state index contributed by atoms with van der Waals surface area (Å²) in [5.74, 6) is 0.693. The number of hydrogen-bond acceptors (Lipinski definition) is 5. The lowest BCUT2D eigenvalue weighted by atomic mass is 10.2. The number of phenolic OH excluding ortho intramolecular Hbond substituents is 1. The van der Waals surface area contributed by atoms with Crippen molar-refractivity contribution >= 4 is 17.4 Å². The van der Waals surface area contributed by atoms with Gasteiger partial charge in [0.2, 0.25) is 0 Å². The first kappa shape index (κ1) is 15.8. The van der Waals surface area contributed by atoms with Gasteiger partial charge in [0, 0.05) is 57.2 Å². The number of piperazine rings is 1. The summed E-state index contributed by atoms with van der Waals surface area (Å²) in [7, 11) is 1.73. The zero-order chi connectivity index (χ0) is 16.4. The molecule has 23 heavy (non-hydrogen) atoms. The zero-order valence-corrected chi connectivity index (χ0v) is 13.7. The van der Waals surface area contributed by atoms with Gasteiger partial charge in [-0.3, -0.25) is 9.69 Å². The Hall–Kier alpha value is -2.05. The van der Waals surface area contributed by atoms with Crippen LogP contribution in [0.1, 0.15) is 5.56 Å². The van der Waals surface area contributed by atoms with Gasteiger partial charge in [0.1, 0.15) is 5.75 Å². The number of aromatic nitrogens is 2. The van der Waals surface area contributed by atoms with Gasteiger partial charge in [0.25, 0.3) is 5.56 Å². The molecule has 0 aliphatic carbocycles. The fourth-order valence-corrected chi connectivity index (χ4v) is 3.05. The van der Waals surface area contributed by atoms with Crippen molar-refractivity contribution in [3.05, 3.63) is 51.5 Å². The molecule has 2 aromatic rings. The number of rotatable bonds is 3. The molecule has 1 aliphatic heterocycles. The molecule has 0 spiro atoms. The van der Waals surface area contributed by atoms with Gasteiger partial charge >= 0.3 is 0 Å². The smallest absolute Gasteiger partial charge is 0.293 e. The number of hydrogen-bond donors (Lipinski definition) is 1. The van der Waals surface area contributed by atoms with E-state index < -0.39 is 0 Å². The van der Waals surface area contributed by atoms with Crippen LogP contribution in [0.5, 0.6) is 5.75 Å². The number of nitrogens with zero attached hydrogens (tertiary/aromatic N) is 4. The van der Waals surface area contributed by atoms with Gasteiger partial charge in [-0.15, -0.1) is 0 Å². The zero-order valence-electron chi connectivity index (χ0n) is 12.9. The van der Waals surface area contributed by atoms with E-state index in [1.54, 1.807) is 30.1 Å². The summed E-state index contributed by atoms with van der Waals surface area (Å²) in [6.07, 6.45) is 3.31. The van der Waals surface area contributed by atoms with E-state index in [1.165, 1.54) is 6.07 Å². The highest BCUT2D eigenvalue weighted by molar-refractivity contribution is 6.30. The van der Waals surface area contributed by atoms with Crippen LogP contribution in [0.2, 0.25) is 5.02 Å². The molecule has 0 saturated carbocycles. The molecule has 1 aromatic heterocycles. The topological polar surface area (TPSA) is 61.6 Å². The second-order valence-corrected chi connectivity index (χ2v) is 6.18. The summed E-state index contributed by atoms with van der Waals surface area (Å²) < 4.78 is 1.55. The molecule has 0 unspecified atom stereocenters. The molecular formula is C16H19ClN4O2. The summed E-state index contributed by atoms with van der Waals surface area (Å²) in [4.78, 5) is 20.6. The van der Waals surface area contributed by atoms with E-state index in [0.717, 1.165) is 38.3 Å². The van der Waals surface area contributed by atoms with Crippen LogP contribution >= 0.6 is 11.6 Å². The van der Waals surface area contributed by atoms with Crippen molar-refractivity contribution in [2.75, 3.05) is 31.1 Å². The molecule has 0 amide bonds. The summed E-state index contributed by atoms with van der Waals surface area (Å²) in [5.41, 5.74) is 0.915. The molecule has 7 heteroatoms. The van der Waals surface area contributed by atoms with Crippen LogP contribution in [0, 0.1) is 0 Å². The number of phenols is 1. The maximum Gasteiger partial charge on any atom is 0.293 e. The first-order chi connectivity index (χ1) is 11.0. The molecule has 1 fully saturated rings. The van der Waals surface area contributed by atoms with Gasteiger partial charge in [-0.05, 0) is 23.8 Å². The van der Waals surface area contributed by atoms with Gasteiger partial charge in [0.15, 0.2) is 5.82 Å². The van der Waals surface area contributed by atoms with Crippen LogP contribution in [-0.2, 0) is 13.6 Å². The Morgan fingerprint density at radius 1 is 1.22 bits per heavy atom. The van der Waals surface area contributed by atoms with Crippen molar-refractivity contribution in [2.45, 2.75) is 6.54 Å². The SMILES string of the molecule is Cn1ccnc(N2CCN(Cc3cc(O)cc(Cl)c3)CC2)c1=O. The Balaban J connectivity index is 1.64. The van der Waals surface area contributed by atoms with Crippen molar-refractivity contribution in [3.8, 4) is 5.75 Å². The Morgan fingerprint density at radius 2 is 1.96 bits per heavy atom. The van der Waals surface area contributed by atoms with Crippen LogP contribution in [0.4, 0.5) is 5.82 Å². The number of halogens is 1. The average molecular weight is 335 g/mol. The fourth-order valence-electron chi connectivity index (χ4n) is 2.80. The second kappa shape index (κ2) is 6.60. The highest BCUT2D eigenvalue weighted by atomic mass is 35.5. The minimum absolute atomic E-state index is 0.0688. The quantitative estimate of drug-likeness (QED) is 0.921. The molecule has 122 valence electrons. The Bertz CT molecular complexity index is 734. The Kier molecular flexibility index (Phi) is 4.54. The molecule has 6 nitrogen and oxygen atoms in total. The minimum Gasteiger partial charge on any atom is -0.508 e. The Labute approximate surface area is 139 Å². The van der Waals surface area contributed by atoms with Gasteiger partial charge in [-0.1, -0.05) is 11.6 Å². The van der Waals surface area contributed by atoms with E-state index in [2.05, 4.69) is 9.88 Å². The molecule has 3 rings (SSSR count). The van der Waals surface area contributed by atoms with Crippen molar-refractivity contribution in [1.82, 2.24) is 14.5 Å². The van der Waals surface area contributed by atoms with Crippen LogP contribution in [0.15, 0.2) is 35.4 Å². The monoisotopic (exact) mass is 334 g/mol. The third-order valence-corrected chi connectivity index (χ3v) is 4.24. The van der Waals surface area contributed by atoms with Gasteiger partial charge in [-0.2, -0.15) is 0 Å². The number of anilines is 1. The maximum atomic E-state index is 12.1. The third kappa shape index (κ3) is 3.65. The van der Waals surface area contributed by atoms with E-state index in [1.807, 2.05) is 11.0 Å². The largest absolute Gasteiger partial charge is 0.508 e. The van der Waals surface area contributed by atoms with E-state index >= 15 is 0 Å². The first-order valence-electron chi connectivity index (χ1n) is 7.50. The summed E-state index contributed by atoms with van der Waals surface area (Å²) in [6, 6.07) is 5.12. The minimum atomic E-state index is -0.0688.